The summed E-state index contributed by atoms with van der Waals surface area (Å²) in [5.74, 6) is -2.15. The average Bonchev–Trinajstić information content (AvgIpc) is 3.65. The molecular formula is C34H29N5O6S2. The van der Waals surface area contributed by atoms with Crippen LogP contribution in [-0.2, 0) is 29.4 Å². The van der Waals surface area contributed by atoms with Crippen molar-refractivity contribution in [3.63, 3.8) is 0 Å². The maximum atomic E-state index is 14.4. The molecule has 1 atom stereocenters. The van der Waals surface area contributed by atoms with Crippen molar-refractivity contribution in [2.45, 2.75) is 17.4 Å². The van der Waals surface area contributed by atoms with Crippen molar-refractivity contribution >= 4 is 43.3 Å². The van der Waals surface area contributed by atoms with Gasteiger partial charge in [-0.3, -0.25) is 14.5 Å². The minimum absolute atomic E-state index is 0.00239. The van der Waals surface area contributed by atoms with Gasteiger partial charge in [0.25, 0.3) is 11.8 Å². The van der Waals surface area contributed by atoms with Crippen LogP contribution < -0.4 is 0 Å². The van der Waals surface area contributed by atoms with Crippen LogP contribution in [0.25, 0.3) is 28.6 Å². The number of carbonyl (C=O) groups is 2. The lowest BCUT2D eigenvalue weighted by molar-refractivity contribution is -0.142. The van der Waals surface area contributed by atoms with Gasteiger partial charge in [0, 0.05) is 37.0 Å². The van der Waals surface area contributed by atoms with Gasteiger partial charge in [-0.25, -0.2) is 25.8 Å². The summed E-state index contributed by atoms with van der Waals surface area (Å²) in [5.41, 5.74) is 2.14. The standard InChI is InChI=1S/C34H29N5O6S2/c1-37(2)47(44,45)28-15-9-12-24(18-28)32-25(21-38(36-32)26-13-7-4-8-14-26)19-29-31(23-10-5-3-6-11-23)30(20-35)34(41)39(33(29)40)27-16-17-46(42,43)22-27/h3-15,18-19,21,27H,16-17,22H2,1-2H3/b29-19-. The fourth-order valence-electron chi connectivity index (χ4n) is 5.74. The maximum absolute atomic E-state index is 14.4. The first-order valence-electron chi connectivity index (χ1n) is 14.6. The lowest BCUT2D eigenvalue weighted by atomic mass is 9.86. The van der Waals surface area contributed by atoms with E-state index in [1.165, 1.54) is 32.3 Å². The number of sulfone groups is 1. The molecule has 4 aromatic rings. The number of rotatable bonds is 7. The summed E-state index contributed by atoms with van der Waals surface area (Å²) in [5, 5.41) is 15.1. The second-order valence-corrected chi connectivity index (χ2v) is 15.7. The Balaban J connectivity index is 1.61. The molecule has 1 fully saturated rings. The van der Waals surface area contributed by atoms with E-state index >= 15 is 0 Å². The highest BCUT2D eigenvalue weighted by Crippen LogP contribution is 2.38. The number of para-hydroxylation sites is 1. The zero-order valence-electron chi connectivity index (χ0n) is 25.4. The van der Waals surface area contributed by atoms with E-state index in [4.69, 9.17) is 5.10 Å². The maximum Gasteiger partial charge on any atom is 0.272 e. The van der Waals surface area contributed by atoms with Crippen molar-refractivity contribution in [1.82, 2.24) is 19.0 Å². The second-order valence-electron chi connectivity index (χ2n) is 11.4. The topological polar surface area (TPSA) is 151 Å². The molecule has 0 saturated carbocycles. The summed E-state index contributed by atoms with van der Waals surface area (Å²) in [6, 6.07) is 25.0. The zero-order chi connectivity index (χ0) is 33.5. The number of imide groups is 1. The Kier molecular flexibility index (Phi) is 8.27. The van der Waals surface area contributed by atoms with Gasteiger partial charge in [0.1, 0.15) is 17.3 Å². The first kappa shape index (κ1) is 31.8. The monoisotopic (exact) mass is 667 g/mol. The molecule has 2 aliphatic rings. The van der Waals surface area contributed by atoms with Crippen LogP contribution in [0.5, 0.6) is 0 Å². The molecule has 1 aromatic heterocycles. The van der Waals surface area contributed by atoms with E-state index in [2.05, 4.69) is 0 Å². The molecule has 6 rings (SSSR count). The molecule has 0 aliphatic carbocycles. The Labute approximate surface area is 272 Å². The van der Waals surface area contributed by atoms with Crippen LogP contribution in [0.15, 0.2) is 107 Å². The van der Waals surface area contributed by atoms with E-state index in [-0.39, 0.29) is 39.5 Å². The largest absolute Gasteiger partial charge is 0.272 e. The van der Waals surface area contributed by atoms with Crippen LogP contribution in [0, 0.1) is 11.3 Å². The van der Waals surface area contributed by atoms with Crippen molar-refractivity contribution < 1.29 is 26.4 Å². The number of carbonyl (C=O) groups excluding carboxylic acids is 2. The molecule has 0 bridgehead atoms. The van der Waals surface area contributed by atoms with Crippen molar-refractivity contribution in [1.29, 1.82) is 5.26 Å². The highest BCUT2D eigenvalue weighted by atomic mass is 32.2. The molecule has 0 N–H and O–H groups in total. The normalized spacial score (nSPS) is 19.1. The number of sulfonamides is 1. The minimum Gasteiger partial charge on any atom is -0.270 e. The summed E-state index contributed by atoms with van der Waals surface area (Å²) in [6.45, 7) is 0. The summed E-state index contributed by atoms with van der Waals surface area (Å²) >= 11 is 0. The molecule has 13 heteroatoms. The number of hydrogen-bond acceptors (Lipinski definition) is 8. The van der Waals surface area contributed by atoms with E-state index < -0.39 is 37.7 Å². The van der Waals surface area contributed by atoms with Crippen LogP contribution in [0.1, 0.15) is 17.5 Å². The van der Waals surface area contributed by atoms with Crippen LogP contribution in [0.3, 0.4) is 0 Å². The van der Waals surface area contributed by atoms with Crippen LogP contribution >= 0.6 is 0 Å². The van der Waals surface area contributed by atoms with Gasteiger partial charge in [-0.2, -0.15) is 10.4 Å². The molecule has 47 heavy (non-hydrogen) atoms. The van der Waals surface area contributed by atoms with E-state index in [0.29, 0.717) is 28.1 Å². The van der Waals surface area contributed by atoms with Gasteiger partial charge in [0.15, 0.2) is 9.84 Å². The highest BCUT2D eigenvalue weighted by molar-refractivity contribution is 7.91. The number of nitrogens with zero attached hydrogens (tertiary/aromatic N) is 5. The summed E-state index contributed by atoms with van der Waals surface area (Å²) < 4.78 is 53.5. The SMILES string of the molecule is CN(C)S(=O)(=O)c1cccc(-c2nn(-c3ccccc3)cc2/C=C2\C(=O)N(C3CCS(=O)(=O)C3)C(=O)C(C#N)=C2c2ccccc2)c1. The molecule has 0 radical (unpaired) electrons. The Morgan fingerprint density at radius 2 is 1.60 bits per heavy atom. The molecule has 238 valence electrons. The van der Waals surface area contributed by atoms with Crippen LogP contribution in [-0.4, -0.2) is 79.3 Å². The fraction of sp³-hybridized carbons (Fsp3) is 0.176. The molecule has 2 aliphatic heterocycles. The summed E-state index contributed by atoms with van der Waals surface area (Å²) in [6.07, 6.45) is 3.27. The smallest absolute Gasteiger partial charge is 0.270 e. The molecule has 3 heterocycles. The molecule has 3 aromatic carbocycles. The Morgan fingerprint density at radius 3 is 2.21 bits per heavy atom. The molecule has 1 unspecified atom stereocenters. The van der Waals surface area contributed by atoms with Crippen molar-refractivity contribution in [3.8, 4) is 23.0 Å². The minimum atomic E-state index is -3.80. The lowest BCUT2D eigenvalue weighted by Crippen LogP contribution is -2.49. The molecular weight excluding hydrogens is 639 g/mol. The third-order valence-electron chi connectivity index (χ3n) is 8.10. The summed E-state index contributed by atoms with van der Waals surface area (Å²) in [7, 11) is -4.41. The van der Waals surface area contributed by atoms with E-state index in [1.54, 1.807) is 53.3 Å². The number of benzene rings is 3. The van der Waals surface area contributed by atoms with Gasteiger partial charge in [-0.15, -0.1) is 0 Å². The van der Waals surface area contributed by atoms with E-state index in [0.717, 1.165) is 9.21 Å². The van der Waals surface area contributed by atoms with Crippen LogP contribution in [0.2, 0.25) is 0 Å². The third-order valence-corrected chi connectivity index (χ3v) is 11.7. The Morgan fingerprint density at radius 1 is 0.936 bits per heavy atom. The van der Waals surface area contributed by atoms with Gasteiger partial charge in [-0.1, -0.05) is 60.7 Å². The van der Waals surface area contributed by atoms with Gasteiger partial charge in [0.2, 0.25) is 10.0 Å². The van der Waals surface area contributed by atoms with Gasteiger partial charge < -0.3 is 0 Å². The first-order valence-corrected chi connectivity index (χ1v) is 17.9. The van der Waals surface area contributed by atoms with Crippen molar-refractivity contribution in [2.24, 2.45) is 0 Å². The summed E-state index contributed by atoms with van der Waals surface area (Å²) in [4.78, 5) is 29.0. The predicted octanol–water partition coefficient (Wildman–Crippen LogP) is 3.71. The van der Waals surface area contributed by atoms with Crippen molar-refractivity contribution in [3.05, 3.63) is 113 Å². The Hall–Kier alpha value is -5.16. The van der Waals surface area contributed by atoms with Crippen molar-refractivity contribution in [2.75, 3.05) is 25.6 Å². The number of amides is 2. The number of hydrogen-bond donors (Lipinski definition) is 0. The van der Waals surface area contributed by atoms with E-state index in [1.807, 2.05) is 36.4 Å². The molecule has 11 nitrogen and oxygen atoms in total. The number of nitriles is 1. The third kappa shape index (κ3) is 5.94. The van der Waals surface area contributed by atoms with E-state index in [9.17, 15) is 31.7 Å². The predicted molar refractivity (Wildman–Crippen MR) is 176 cm³/mol. The van der Waals surface area contributed by atoms with Gasteiger partial charge in [-0.05, 0) is 42.3 Å². The molecule has 0 spiro atoms. The zero-order valence-corrected chi connectivity index (χ0v) is 27.1. The Bertz CT molecular complexity index is 2230. The average molecular weight is 668 g/mol. The van der Waals surface area contributed by atoms with Gasteiger partial charge >= 0.3 is 0 Å². The number of aromatic nitrogens is 2. The molecule has 2 amide bonds. The highest BCUT2D eigenvalue weighted by Gasteiger charge is 2.45. The molecule has 1 saturated heterocycles. The fourth-order valence-corrected chi connectivity index (χ4v) is 8.39. The first-order chi connectivity index (χ1) is 22.4. The lowest BCUT2D eigenvalue weighted by Gasteiger charge is -2.32. The quantitative estimate of drug-likeness (QED) is 0.214. The second kappa shape index (κ2) is 12.2. The van der Waals surface area contributed by atoms with Gasteiger partial charge in [0.05, 0.1) is 33.7 Å². The van der Waals surface area contributed by atoms with Crippen LogP contribution in [0.4, 0.5) is 0 Å².